The van der Waals surface area contributed by atoms with Crippen LogP contribution in [0.1, 0.15) is 40.5 Å². The smallest absolute Gasteiger partial charge is 0.375 e. The molecule has 0 aliphatic rings. The van der Waals surface area contributed by atoms with E-state index in [0.717, 1.165) is 0 Å². The van der Waals surface area contributed by atoms with Gasteiger partial charge in [-0.15, -0.1) is 0 Å². The zero-order valence-electron chi connectivity index (χ0n) is 14.5. The summed E-state index contributed by atoms with van der Waals surface area (Å²) in [6.07, 6.45) is -0.425. The molecule has 9 heteroatoms. The molecule has 9 nitrogen and oxygen atoms in total. The van der Waals surface area contributed by atoms with Crippen LogP contribution in [0, 0.1) is 0 Å². The molecule has 0 radical (unpaired) electrons. The maximum Gasteiger partial charge on any atom is 0.375 e. The molecule has 0 fully saturated rings. The molecule has 0 amide bonds. The third-order valence-electron chi connectivity index (χ3n) is 2.04. The molecule has 0 aliphatic heterocycles. The van der Waals surface area contributed by atoms with E-state index in [1.165, 1.54) is 21.0 Å². The van der Waals surface area contributed by atoms with Gasteiger partial charge in [0.1, 0.15) is 18.7 Å². The summed E-state index contributed by atoms with van der Waals surface area (Å²) in [6.45, 7) is 6.29. The van der Waals surface area contributed by atoms with Crippen molar-refractivity contribution in [1.82, 2.24) is 0 Å². The number of rotatable bonds is 9. The first-order valence-corrected chi connectivity index (χ1v) is 7.15. The van der Waals surface area contributed by atoms with Crippen molar-refractivity contribution in [3.63, 3.8) is 0 Å². The Kier molecular flexibility index (Phi) is 13.9. The first-order chi connectivity index (χ1) is 11.2. The summed E-state index contributed by atoms with van der Waals surface area (Å²) >= 11 is 0. The Balaban J connectivity index is 0. The summed E-state index contributed by atoms with van der Waals surface area (Å²) in [4.78, 5) is 57.7. The lowest BCUT2D eigenvalue weighted by molar-refractivity contribution is -0.154. The lowest BCUT2D eigenvalue weighted by Gasteiger charge is -2.02. The molecule has 0 aromatic rings. The Labute approximate surface area is 140 Å². The fourth-order valence-electron chi connectivity index (χ4n) is 1.21. The molecule has 0 unspecified atom stereocenters. The van der Waals surface area contributed by atoms with Crippen LogP contribution < -0.4 is 0 Å². The average Bonchev–Trinajstić information content (AvgIpc) is 2.46. The summed E-state index contributed by atoms with van der Waals surface area (Å²) in [5.41, 5.74) is -0.00292. The minimum absolute atomic E-state index is 0.00292. The number of carbonyl (C=O) groups is 5. The number of ether oxygens (including phenoxy) is 2. The number of carbonyl (C=O) groups excluding carboxylic acids is 5. The van der Waals surface area contributed by atoms with Crippen molar-refractivity contribution in [1.29, 1.82) is 0 Å². The number of oxime groups is 1. The lowest BCUT2D eigenvalue weighted by Crippen LogP contribution is -2.20. The Bertz CT molecular complexity index is 496. The molecule has 0 heterocycles. The lowest BCUT2D eigenvalue weighted by atomic mass is 10.2. The number of nitrogens with zero attached hydrogens (tertiary/aromatic N) is 1. The second-order valence-electron chi connectivity index (χ2n) is 4.34. The van der Waals surface area contributed by atoms with E-state index in [1.54, 1.807) is 13.8 Å². The van der Waals surface area contributed by atoms with Crippen molar-refractivity contribution in [2.45, 2.75) is 40.5 Å². The SMILES string of the molecule is CCOC(=O)/C(CC(C)=O)=N\OC.CCOC(=O)C(=O)CC(C)=O. The monoisotopic (exact) mass is 345 g/mol. The van der Waals surface area contributed by atoms with Gasteiger partial charge in [-0.25, -0.2) is 9.59 Å². The molecule has 136 valence electrons. The number of Topliss-reactive ketones (excluding diaryl/α,β-unsaturated/α-hetero) is 3. The van der Waals surface area contributed by atoms with Crippen LogP contribution in [-0.2, 0) is 38.3 Å². The van der Waals surface area contributed by atoms with Crippen LogP contribution in [0.15, 0.2) is 5.16 Å². The highest BCUT2D eigenvalue weighted by Gasteiger charge is 2.16. The van der Waals surface area contributed by atoms with Crippen LogP contribution in [0.2, 0.25) is 0 Å². The molecule has 0 rings (SSSR count). The number of hydrogen-bond donors (Lipinski definition) is 0. The zero-order chi connectivity index (χ0) is 19.1. The van der Waals surface area contributed by atoms with Crippen molar-refractivity contribution in [2.24, 2.45) is 5.16 Å². The topological polar surface area (TPSA) is 125 Å². The average molecular weight is 345 g/mol. The van der Waals surface area contributed by atoms with Gasteiger partial charge in [-0.2, -0.15) is 0 Å². The van der Waals surface area contributed by atoms with Gasteiger partial charge in [0.25, 0.3) is 0 Å². The van der Waals surface area contributed by atoms with Crippen LogP contribution in [-0.4, -0.2) is 55.3 Å². The molecule has 0 bridgehead atoms. The van der Waals surface area contributed by atoms with Crippen LogP contribution in [0.25, 0.3) is 0 Å². The van der Waals surface area contributed by atoms with Gasteiger partial charge in [0.05, 0.1) is 26.1 Å². The predicted octanol–water partition coefficient (Wildman–Crippen LogP) is 0.629. The van der Waals surface area contributed by atoms with Gasteiger partial charge >= 0.3 is 11.9 Å². The molecule has 0 atom stereocenters. The van der Waals surface area contributed by atoms with E-state index in [9.17, 15) is 24.0 Å². The number of ketones is 3. The molecule has 0 aromatic carbocycles. The van der Waals surface area contributed by atoms with Crippen molar-refractivity contribution in [2.75, 3.05) is 20.3 Å². The van der Waals surface area contributed by atoms with Crippen molar-refractivity contribution >= 4 is 35.0 Å². The van der Waals surface area contributed by atoms with E-state index in [4.69, 9.17) is 0 Å². The maximum atomic E-state index is 11.1. The summed E-state index contributed by atoms with van der Waals surface area (Å²) in [6, 6.07) is 0. The van der Waals surface area contributed by atoms with Gasteiger partial charge < -0.3 is 14.3 Å². The summed E-state index contributed by atoms with van der Waals surface area (Å²) in [5, 5.41) is 3.40. The minimum atomic E-state index is -0.928. The second-order valence-corrected chi connectivity index (χ2v) is 4.34. The van der Waals surface area contributed by atoms with E-state index in [-0.39, 0.29) is 43.3 Å². The highest BCUT2D eigenvalue weighted by Crippen LogP contribution is 1.94. The first kappa shape index (κ1) is 23.7. The van der Waals surface area contributed by atoms with Gasteiger partial charge in [-0.05, 0) is 27.7 Å². The summed E-state index contributed by atoms with van der Waals surface area (Å²) < 4.78 is 9.02. The molecule has 0 aliphatic carbocycles. The largest absolute Gasteiger partial charge is 0.461 e. The Hall–Kier alpha value is -2.58. The Morgan fingerprint density at radius 2 is 1.25 bits per heavy atom. The van der Waals surface area contributed by atoms with Crippen molar-refractivity contribution in [3.05, 3.63) is 0 Å². The van der Waals surface area contributed by atoms with Gasteiger partial charge in [-0.3, -0.25) is 14.4 Å². The normalized spacial score (nSPS) is 9.96. The fraction of sp³-hybridized carbons (Fsp3) is 0.600. The molecule has 0 saturated carbocycles. The predicted molar refractivity (Wildman–Crippen MR) is 83.3 cm³/mol. The fourth-order valence-corrected chi connectivity index (χ4v) is 1.21. The Morgan fingerprint density at radius 1 is 0.792 bits per heavy atom. The summed E-state index contributed by atoms with van der Waals surface area (Å²) in [7, 11) is 1.30. The van der Waals surface area contributed by atoms with E-state index in [2.05, 4.69) is 19.5 Å². The van der Waals surface area contributed by atoms with Gasteiger partial charge in [0, 0.05) is 0 Å². The maximum absolute atomic E-state index is 11.1. The Morgan fingerprint density at radius 3 is 1.62 bits per heavy atom. The van der Waals surface area contributed by atoms with Crippen molar-refractivity contribution < 1.29 is 38.3 Å². The van der Waals surface area contributed by atoms with E-state index in [0.29, 0.717) is 0 Å². The summed E-state index contributed by atoms with van der Waals surface area (Å²) in [5.74, 6) is -2.81. The van der Waals surface area contributed by atoms with Crippen LogP contribution >= 0.6 is 0 Å². The molecular formula is C15H23NO8. The van der Waals surface area contributed by atoms with Crippen LogP contribution in [0.5, 0.6) is 0 Å². The molecule has 0 spiro atoms. The molecular weight excluding hydrogens is 322 g/mol. The van der Waals surface area contributed by atoms with Gasteiger partial charge in [0.2, 0.25) is 5.78 Å². The van der Waals surface area contributed by atoms with Gasteiger partial charge in [0.15, 0.2) is 5.71 Å². The molecule has 0 aromatic heterocycles. The van der Waals surface area contributed by atoms with Crippen LogP contribution in [0.3, 0.4) is 0 Å². The van der Waals surface area contributed by atoms with E-state index in [1.807, 2.05) is 0 Å². The zero-order valence-corrected chi connectivity index (χ0v) is 14.5. The minimum Gasteiger partial charge on any atom is -0.461 e. The van der Waals surface area contributed by atoms with Crippen LogP contribution in [0.4, 0.5) is 0 Å². The number of hydrogen-bond acceptors (Lipinski definition) is 9. The highest BCUT2D eigenvalue weighted by atomic mass is 16.6. The molecule has 0 N–H and O–H groups in total. The first-order valence-electron chi connectivity index (χ1n) is 7.15. The third kappa shape index (κ3) is 13.1. The highest BCUT2D eigenvalue weighted by molar-refractivity contribution is 6.39. The molecule has 0 saturated heterocycles. The standard InChI is InChI=1S/C8H13NO4.C7H10O4/c1-4-13-8(11)7(9-12-3)5-6(2)10;1-3-11-7(10)6(9)4-5(2)8/h4-5H2,1-3H3;3-4H2,1-2H3/b9-7-;. The number of esters is 2. The van der Waals surface area contributed by atoms with E-state index >= 15 is 0 Å². The molecule has 24 heavy (non-hydrogen) atoms. The quantitative estimate of drug-likeness (QED) is 0.196. The second kappa shape index (κ2) is 14.0. The third-order valence-corrected chi connectivity index (χ3v) is 2.04. The van der Waals surface area contributed by atoms with E-state index < -0.39 is 17.7 Å². The van der Waals surface area contributed by atoms with Gasteiger partial charge in [-0.1, -0.05) is 5.16 Å². The van der Waals surface area contributed by atoms with Crippen molar-refractivity contribution in [3.8, 4) is 0 Å².